The summed E-state index contributed by atoms with van der Waals surface area (Å²) < 4.78 is 0. The summed E-state index contributed by atoms with van der Waals surface area (Å²) >= 11 is 7.58. The highest BCUT2D eigenvalue weighted by atomic mass is 35.5. The SMILES string of the molecule is Cc1nc(-c2ccccc2Cl)c(CO)s1. The Morgan fingerprint density at radius 3 is 2.80 bits per heavy atom. The highest BCUT2D eigenvalue weighted by Crippen LogP contribution is 2.32. The largest absolute Gasteiger partial charge is 0.391 e. The van der Waals surface area contributed by atoms with Gasteiger partial charge in [-0.3, -0.25) is 0 Å². The number of benzene rings is 1. The zero-order valence-corrected chi connectivity index (χ0v) is 9.77. The first kappa shape index (κ1) is 10.6. The topological polar surface area (TPSA) is 33.1 Å². The van der Waals surface area contributed by atoms with Gasteiger partial charge < -0.3 is 5.11 Å². The van der Waals surface area contributed by atoms with Gasteiger partial charge in [-0.05, 0) is 13.0 Å². The van der Waals surface area contributed by atoms with Crippen molar-refractivity contribution < 1.29 is 5.11 Å². The van der Waals surface area contributed by atoms with E-state index in [1.54, 1.807) is 0 Å². The van der Waals surface area contributed by atoms with Gasteiger partial charge in [0.05, 0.1) is 22.2 Å². The van der Waals surface area contributed by atoms with Gasteiger partial charge in [-0.2, -0.15) is 0 Å². The number of aromatic nitrogens is 1. The maximum absolute atomic E-state index is 9.21. The van der Waals surface area contributed by atoms with Gasteiger partial charge in [-0.1, -0.05) is 29.8 Å². The smallest absolute Gasteiger partial charge is 0.0905 e. The van der Waals surface area contributed by atoms with Crippen LogP contribution in [-0.4, -0.2) is 10.1 Å². The fraction of sp³-hybridized carbons (Fsp3) is 0.182. The van der Waals surface area contributed by atoms with Crippen LogP contribution in [0.2, 0.25) is 5.02 Å². The summed E-state index contributed by atoms with van der Waals surface area (Å²) in [5.41, 5.74) is 1.68. The molecule has 1 aromatic carbocycles. The summed E-state index contributed by atoms with van der Waals surface area (Å²) in [6.45, 7) is 1.93. The second kappa shape index (κ2) is 4.31. The standard InChI is InChI=1S/C11H10ClNOS/c1-7-13-11(10(6-14)15-7)8-4-2-3-5-9(8)12/h2-5,14H,6H2,1H3. The van der Waals surface area contributed by atoms with Gasteiger partial charge in [-0.25, -0.2) is 4.98 Å². The summed E-state index contributed by atoms with van der Waals surface area (Å²) in [5, 5.41) is 10.8. The minimum absolute atomic E-state index is 0.00602. The van der Waals surface area contributed by atoms with E-state index in [1.165, 1.54) is 11.3 Å². The summed E-state index contributed by atoms with van der Waals surface area (Å²) in [5.74, 6) is 0. The first-order chi connectivity index (χ1) is 7.22. The van der Waals surface area contributed by atoms with Crippen molar-refractivity contribution in [2.75, 3.05) is 0 Å². The predicted octanol–water partition coefficient (Wildman–Crippen LogP) is 3.26. The number of nitrogens with zero attached hydrogens (tertiary/aromatic N) is 1. The molecule has 0 bridgehead atoms. The van der Waals surface area contributed by atoms with Crippen LogP contribution in [0.25, 0.3) is 11.3 Å². The maximum atomic E-state index is 9.21. The highest BCUT2D eigenvalue weighted by molar-refractivity contribution is 7.12. The normalized spacial score (nSPS) is 10.6. The summed E-state index contributed by atoms with van der Waals surface area (Å²) in [6, 6.07) is 7.53. The number of aliphatic hydroxyl groups is 1. The Bertz CT molecular complexity index is 481. The molecule has 1 aromatic heterocycles. The second-order valence-electron chi connectivity index (χ2n) is 3.14. The molecule has 15 heavy (non-hydrogen) atoms. The van der Waals surface area contributed by atoms with Crippen molar-refractivity contribution in [3.8, 4) is 11.3 Å². The Hall–Kier alpha value is -0.900. The molecule has 0 aliphatic carbocycles. The van der Waals surface area contributed by atoms with Crippen LogP contribution in [0.5, 0.6) is 0 Å². The zero-order valence-electron chi connectivity index (χ0n) is 8.20. The first-order valence-electron chi connectivity index (χ1n) is 4.54. The van der Waals surface area contributed by atoms with Gasteiger partial charge in [0.15, 0.2) is 0 Å². The molecular weight excluding hydrogens is 230 g/mol. The molecule has 0 atom stereocenters. The lowest BCUT2D eigenvalue weighted by atomic mass is 10.1. The van der Waals surface area contributed by atoms with Crippen LogP contribution in [0, 0.1) is 6.92 Å². The Kier molecular flexibility index (Phi) is 3.05. The molecule has 2 nitrogen and oxygen atoms in total. The Labute approximate surface area is 97.2 Å². The lowest BCUT2D eigenvalue weighted by Crippen LogP contribution is -1.86. The summed E-state index contributed by atoms with van der Waals surface area (Å²) in [7, 11) is 0. The minimum atomic E-state index is 0.00602. The number of aliphatic hydroxyl groups excluding tert-OH is 1. The fourth-order valence-corrected chi connectivity index (χ4v) is 2.48. The number of thiazole rings is 1. The molecule has 0 aliphatic rings. The molecule has 0 unspecified atom stereocenters. The van der Waals surface area contributed by atoms with Crippen molar-refractivity contribution in [1.29, 1.82) is 0 Å². The average Bonchev–Trinajstić information content (AvgIpc) is 2.60. The Morgan fingerprint density at radius 1 is 1.40 bits per heavy atom. The second-order valence-corrected chi connectivity index (χ2v) is 4.84. The van der Waals surface area contributed by atoms with Crippen molar-refractivity contribution in [3.63, 3.8) is 0 Å². The Morgan fingerprint density at radius 2 is 2.13 bits per heavy atom. The number of rotatable bonds is 2. The van der Waals surface area contributed by atoms with Crippen molar-refractivity contribution in [1.82, 2.24) is 4.98 Å². The van der Waals surface area contributed by atoms with Gasteiger partial charge in [0.25, 0.3) is 0 Å². The van der Waals surface area contributed by atoms with Gasteiger partial charge in [0.1, 0.15) is 0 Å². The molecule has 0 radical (unpaired) electrons. The fourth-order valence-electron chi connectivity index (χ4n) is 1.44. The van der Waals surface area contributed by atoms with E-state index in [1.807, 2.05) is 31.2 Å². The molecule has 0 spiro atoms. The van der Waals surface area contributed by atoms with Crippen LogP contribution in [-0.2, 0) is 6.61 Å². The molecule has 0 saturated heterocycles. The molecule has 1 heterocycles. The quantitative estimate of drug-likeness (QED) is 0.873. The van der Waals surface area contributed by atoms with E-state index in [2.05, 4.69) is 4.98 Å². The Balaban J connectivity index is 2.58. The van der Waals surface area contributed by atoms with Crippen molar-refractivity contribution in [3.05, 3.63) is 39.2 Å². The molecule has 0 fully saturated rings. The van der Waals surface area contributed by atoms with E-state index in [-0.39, 0.29) is 6.61 Å². The van der Waals surface area contributed by atoms with Gasteiger partial charge in [0, 0.05) is 10.6 Å². The molecule has 0 amide bonds. The van der Waals surface area contributed by atoms with Crippen molar-refractivity contribution in [2.45, 2.75) is 13.5 Å². The van der Waals surface area contributed by atoms with E-state index in [0.29, 0.717) is 5.02 Å². The monoisotopic (exact) mass is 239 g/mol. The molecule has 0 aliphatic heterocycles. The van der Waals surface area contributed by atoms with E-state index >= 15 is 0 Å². The lowest BCUT2D eigenvalue weighted by molar-refractivity contribution is 0.286. The molecule has 0 saturated carbocycles. The van der Waals surface area contributed by atoms with Gasteiger partial charge in [0.2, 0.25) is 0 Å². The third-order valence-corrected chi connectivity index (χ3v) is 3.36. The predicted molar refractivity (Wildman–Crippen MR) is 63.2 cm³/mol. The third kappa shape index (κ3) is 2.04. The lowest BCUT2D eigenvalue weighted by Gasteiger charge is -2.01. The molecule has 1 N–H and O–H groups in total. The summed E-state index contributed by atoms with van der Waals surface area (Å²) in [6.07, 6.45) is 0. The molecule has 4 heteroatoms. The van der Waals surface area contributed by atoms with Gasteiger partial charge in [-0.15, -0.1) is 11.3 Å². The summed E-state index contributed by atoms with van der Waals surface area (Å²) in [4.78, 5) is 5.25. The van der Waals surface area contributed by atoms with Crippen molar-refractivity contribution >= 4 is 22.9 Å². The molecule has 2 aromatic rings. The van der Waals surface area contributed by atoms with Crippen LogP contribution < -0.4 is 0 Å². The van der Waals surface area contributed by atoms with Crippen LogP contribution in [0.4, 0.5) is 0 Å². The van der Waals surface area contributed by atoms with Crippen LogP contribution >= 0.6 is 22.9 Å². The van der Waals surface area contributed by atoms with E-state index in [0.717, 1.165) is 21.1 Å². The van der Waals surface area contributed by atoms with Crippen LogP contribution in [0.15, 0.2) is 24.3 Å². The minimum Gasteiger partial charge on any atom is -0.391 e. The number of hydrogen-bond donors (Lipinski definition) is 1. The molecule has 78 valence electrons. The number of aryl methyl sites for hydroxylation is 1. The van der Waals surface area contributed by atoms with Gasteiger partial charge >= 0.3 is 0 Å². The zero-order chi connectivity index (χ0) is 10.8. The number of hydrogen-bond acceptors (Lipinski definition) is 3. The van der Waals surface area contributed by atoms with Crippen LogP contribution in [0.3, 0.4) is 0 Å². The molecular formula is C11H10ClNOS. The number of halogens is 1. The maximum Gasteiger partial charge on any atom is 0.0905 e. The molecule has 2 rings (SSSR count). The third-order valence-electron chi connectivity index (χ3n) is 2.08. The van der Waals surface area contributed by atoms with E-state index in [9.17, 15) is 5.11 Å². The first-order valence-corrected chi connectivity index (χ1v) is 5.74. The van der Waals surface area contributed by atoms with E-state index < -0.39 is 0 Å². The average molecular weight is 240 g/mol. The highest BCUT2D eigenvalue weighted by Gasteiger charge is 2.12. The van der Waals surface area contributed by atoms with Crippen molar-refractivity contribution in [2.24, 2.45) is 0 Å². The van der Waals surface area contributed by atoms with E-state index in [4.69, 9.17) is 11.6 Å². The van der Waals surface area contributed by atoms with Crippen LogP contribution in [0.1, 0.15) is 9.88 Å².